The van der Waals surface area contributed by atoms with Gasteiger partial charge in [0.05, 0.1) is 13.2 Å². The lowest BCUT2D eigenvalue weighted by Gasteiger charge is -2.19. The molecule has 414 valence electrons. The third-order valence-corrected chi connectivity index (χ3v) is 13.2. The smallest absolute Gasteiger partial charge is 0.462 e. The molecule has 0 aromatic carbocycles. The number of hydrogen-bond donors (Lipinski definition) is 2. The second kappa shape index (κ2) is 57.2. The van der Waals surface area contributed by atoms with Gasteiger partial charge < -0.3 is 20.1 Å². The predicted molar refractivity (Wildman–Crippen MR) is 307 cm³/mol. The number of unbranched alkanes of at least 4 members (excludes halogenated alkanes) is 25. The standard InChI is InChI=1S/C62H108NO8P/c1-3-5-7-9-11-13-15-17-19-21-23-24-25-26-27-28-29-30-31-32-33-34-35-36-37-39-41-43-45-47-49-51-53-55-62(65)71-60(59-70-72(66,67)69-57-56-63)58-68-61(64)54-52-50-48-46-44-42-40-38-22-20-18-16-14-12-10-8-6-4-2/h5,7,11,13,17,19-20,22-24,26-27,29-30,32-33,60H,3-4,6,8-10,12,14-16,18,21,25,28,31,34-59,63H2,1-2H3,(H,66,67)/b7-5-,13-11-,19-17-,22-20-,24-23-,27-26-,30-29-,33-32-. The number of phosphoric acid groups is 1. The third kappa shape index (κ3) is 56.2. The highest BCUT2D eigenvalue weighted by Gasteiger charge is 2.26. The molecule has 0 amide bonds. The Morgan fingerprint density at radius 3 is 1.15 bits per heavy atom. The lowest BCUT2D eigenvalue weighted by molar-refractivity contribution is -0.161. The number of hydrogen-bond acceptors (Lipinski definition) is 8. The van der Waals surface area contributed by atoms with Gasteiger partial charge in [0.15, 0.2) is 6.10 Å². The van der Waals surface area contributed by atoms with E-state index in [-0.39, 0.29) is 38.6 Å². The zero-order chi connectivity index (χ0) is 52.4. The van der Waals surface area contributed by atoms with Crippen molar-refractivity contribution >= 4 is 19.8 Å². The minimum atomic E-state index is -4.39. The first kappa shape index (κ1) is 68.9. The van der Waals surface area contributed by atoms with Gasteiger partial charge >= 0.3 is 19.8 Å². The molecule has 0 rings (SSSR count). The van der Waals surface area contributed by atoms with Crippen molar-refractivity contribution in [2.75, 3.05) is 26.4 Å². The number of rotatable bonds is 54. The zero-order valence-corrected chi connectivity index (χ0v) is 47.0. The van der Waals surface area contributed by atoms with Gasteiger partial charge in [0.1, 0.15) is 6.61 Å². The Labute approximate surface area is 442 Å². The summed E-state index contributed by atoms with van der Waals surface area (Å²) in [5.74, 6) is -0.836. The second-order valence-electron chi connectivity index (χ2n) is 19.1. The van der Waals surface area contributed by atoms with Crippen LogP contribution in [-0.4, -0.2) is 49.3 Å². The molecule has 0 radical (unpaired) electrons. The van der Waals surface area contributed by atoms with E-state index in [4.69, 9.17) is 24.3 Å². The van der Waals surface area contributed by atoms with Crippen molar-refractivity contribution < 1.29 is 37.6 Å². The Kier molecular flexibility index (Phi) is 54.8. The van der Waals surface area contributed by atoms with Gasteiger partial charge in [-0.3, -0.25) is 18.6 Å². The van der Waals surface area contributed by atoms with Gasteiger partial charge in [0.2, 0.25) is 0 Å². The highest BCUT2D eigenvalue weighted by Crippen LogP contribution is 2.43. The van der Waals surface area contributed by atoms with Crippen molar-refractivity contribution in [1.29, 1.82) is 0 Å². The summed E-state index contributed by atoms with van der Waals surface area (Å²) in [4.78, 5) is 35.2. The molecule has 0 aromatic rings. The molecule has 72 heavy (non-hydrogen) atoms. The normalized spacial score (nSPS) is 13.8. The fourth-order valence-electron chi connectivity index (χ4n) is 7.91. The fraction of sp³-hybridized carbons (Fsp3) is 0.710. The van der Waals surface area contributed by atoms with Crippen LogP contribution in [0.1, 0.15) is 251 Å². The molecule has 0 aromatic heterocycles. The Morgan fingerprint density at radius 1 is 0.431 bits per heavy atom. The molecule has 2 unspecified atom stereocenters. The van der Waals surface area contributed by atoms with Crippen molar-refractivity contribution in [2.45, 2.75) is 258 Å². The number of nitrogens with two attached hydrogens (primary N) is 1. The van der Waals surface area contributed by atoms with E-state index in [0.717, 1.165) is 103 Å². The van der Waals surface area contributed by atoms with Crippen LogP contribution in [0.3, 0.4) is 0 Å². The van der Waals surface area contributed by atoms with Crippen LogP contribution >= 0.6 is 7.82 Å². The first-order valence-electron chi connectivity index (χ1n) is 29.2. The third-order valence-electron chi connectivity index (χ3n) is 12.2. The first-order valence-corrected chi connectivity index (χ1v) is 30.7. The molecule has 0 saturated carbocycles. The summed E-state index contributed by atoms with van der Waals surface area (Å²) in [6, 6.07) is 0. The molecular formula is C62H108NO8P. The van der Waals surface area contributed by atoms with E-state index < -0.39 is 26.5 Å². The Hall–Kier alpha value is -3.07. The van der Waals surface area contributed by atoms with Crippen molar-refractivity contribution in [2.24, 2.45) is 5.73 Å². The van der Waals surface area contributed by atoms with E-state index in [1.165, 1.54) is 116 Å². The van der Waals surface area contributed by atoms with Gasteiger partial charge in [0.25, 0.3) is 0 Å². The average Bonchev–Trinajstić information content (AvgIpc) is 3.37. The molecular weight excluding hydrogens is 918 g/mol. The average molecular weight is 1030 g/mol. The van der Waals surface area contributed by atoms with Gasteiger partial charge in [-0.2, -0.15) is 0 Å². The largest absolute Gasteiger partial charge is 0.472 e. The van der Waals surface area contributed by atoms with Crippen LogP contribution in [-0.2, 0) is 32.7 Å². The van der Waals surface area contributed by atoms with Crippen LogP contribution in [0.15, 0.2) is 97.2 Å². The first-order chi connectivity index (χ1) is 35.3. The van der Waals surface area contributed by atoms with Crippen LogP contribution in [0.2, 0.25) is 0 Å². The van der Waals surface area contributed by atoms with Crippen LogP contribution in [0, 0.1) is 0 Å². The summed E-state index contributed by atoms with van der Waals surface area (Å²) < 4.78 is 33.0. The topological polar surface area (TPSA) is 134 Å². The molecule has 0 bridgehead atoms. The van der Waals surface area contributed by atoms with Crippen LogP contribution < -0.4 is 5.73 Å². The Bertz CT molecular complexity index is 1500. The SMILES string of the molecule is CC/C=C\C/C=C\C/C=C\C/C=C\C/C=C\C/C=C\C/C=C\CCCCCCCCCCCCCC(=O)OC(COC(=O)CCCCCCCCC/C=C\CCCCCCCCC)COP(=O)(O)OCCN. The van der Waals surface area contributed by atoms with E-state index in [9.17, 15) is 19.0 Å². The molecule has 0 heterocycles. The molecule has 10 heteroatoms. The predicted octanol–water partition coefficient (Wildman–Crippen LogP) is 18.5. The van der Waals surface area contributed by atoms with Gasteiger partial charge in [0, 0.05) is 19.4 Å². The van der Waals surface area contributed by atoms with Gasteiger partial charge in [-0.25, -0.2) is 4.57 Å². The van der Waals surface area contributed by atoms with Crippen LogP contribution in [0.4, 0.5) is 0 Å². The van der Waals surface area contributed by atoms with Crippen molar-refractivity contribution in [3.8, 4) is 0 Å². The number of carbonyl (C=O) groups is 2. The molecule has 0 aliphatic rings. The molecule has 0 saturated heterocycles. The van der Waals surface area contributed by atoms with Crippen LogP contribution in [0.25, 0.3) is 0 Å². The summed E-state index contributed by atoms with van der Waals surface area (Å²) in [5.41, 5.74) is 5.38. The fourth-order valence-corrected chi connectivity index (χ4v) is 8.67. The van der Waals surface area contributed by atoms with Crippen LogP contribution in [0.5, 0.6) is 0 Å². The molecule has 0 aliphatic carbocycles. The van der Waals surface area contributed by atoms with Crippen molar-refractivity contribution in [1.82, 2.24) is 0 Å². The molecule has 0 fully saturated rings. The van der Waals surface area contributed by atoms with Gasteiger partial charge in [-0.15, -0.1) is 0 Å². The lowest BCUT2D eigenvalue weighted by atomic mass is 10.0. The number of phosphoric ester groups is 1. The monoisotopic (exact) mass is 1030 g/mol. The van der Waals surface area contributed by atoms with Gasteiger partial charge in [-0.05, 0) is 96.3 Å². The Balaban J connectivity index is 3.98. The van der Waals surface area contributed by atoms with Crippen molar-refractivity contribution in [3.63, 3.8) is 0 Å². The van der Waals surface area contributed by atoms with E-state index >= 15 is 0 Å². The zero-order valence-electron chi connectivity index (χ0n) is 46.1. The van der Waals surface area contributed by atoms with Gasteiger partial charge in [-0.1, -0.05) is 239 Å². The Morgan fingerprint density at radius 2 is 0.764 bits per heavy atom. The highest BCUT2D eigenvalue weighted by atomic mass is 31.2. The second-order valence-corrected chi connectivity index (χ2v) is 20.6. The van der Waals surface area contributed by atoms with E-state index in [2.05, 4.69) is 111 Å². The minimum Gasteiger partial charge on any atom is -0.462 e. The van der Waals surface area contributed by atoms with E-state index in [1.54, 1.807) is 0 Å². The summed E-state index contributed by atoms with van der Waals surface area (Å²) in [7, 11) is -4.39. The number of esters is 2. The molecule has 0 aliphatic heterocycles. The van der Waals surface area contributed by atoms with E-state index in [1.807, 2.05) is 0 Å². The molecule has 9 nitrogen and oxygen atoms in total. The molecule has 0 spiro atoms. The molecule has 3 N–H and O–H groups in total. The number of ether oxygens (including phenoxy) is 2. The summed E-state index contributed by atoms with van der Waals surface area (Å²) >= 11 is 0. The number of carbonyl (C=O) groups excluding carboxylic acids is 2. The maximum Gasteiger partial charge on any atom is 0.472 e. The van der Waals surface area contributed by atoms with E-state index in [0.29, 0.717) is 6.42 Å². The maximum absolute atomic E-state index is 12.7. The molecule has 2 atom stereocenters. The maximum atomic E-state index is 12.7. The quantitative estimate of drug-likeness (QED) is 0.0264. The summed E-state index contributed by atoms with van der Waals surface area (Å²) in [6.45, 7) is 3.63. The summed E-state index contributed by atoms with van der Waals surface area (Å²) in [6.07, 6.45) is 76.0. The van der Waals surface area contributed by atoms with Crippen molar-refractivity contribution in [3.05, 3.63) is 97.2 Å². The highest BCUT2D eigenvalue weighted by molar-refractivity contribution is 7.47. The minimum absolute atomic E-state index is 0.0489. The lowest BCUT2D eigenvalue weighted by Crippen LogP contribution is -2.29. The number of allylic oxidation sites excluding steroid dienone is 16. The summed E-state index contributed by atoms with van der Waals surface area (Å²) in [5, 5.41) is 0.